The monoisotopic (exact) mass is 297 g/mol. The van der Waals surface area contributed by atoms with Gasteiger partial charge in [-0.2, -0.15) is 0 Å². The molecule has 1 aromatic rings. The molecule has 1 atom stereocenters. The lowest BCUT2D eigenvalue weighted by atomic mass is 10.3. The Kier molecular flexibility index (Phi) is 7.88. The Labute approximate surface area is 126 Å². The molecule has 4 nitrogen and oxygen atoms in total. The van der Waals surface area contributed by atoms with Crippen molar-refractivity contribution in [3.05, 3.63) is 29.3 Å². The van der Waals surface area contributed by atoms with Gasteiger partial charge >= 0.3 is 0 Å². The van der Waals surface area contributed by atoms with Gasteiger partial charge in [0.1, 0.15) is 11.9 Å². The molecule has 0 aliphatic rings. The van der Waals surface area contributed by atoms with Crippen LogP contribution in [-0.2, 0) is 0 Å². The van der Waals surface area contributed by atoms with Crippen LogP contribution in [0.5, 0.6) is 5.75 Å². The van der Waals surface area contributed by atoms with Crippen molar-refractivity contribution in [2.45, 2.75) is 33.3 Å². The molecule has 2 N–H and O–H groups in total. The van der Waals surface area contributed by atoms with Gasteiger partial charge in [-0.1, -0.05) is 30.7 Å². The van der Waals surface area contributed by atoms with Gasteiger partial charge < -0.3 is 15.4 Å². The molecular formula is C15H24ClN3O. The van der Waals surface area contributed by atoms with Crippen molar-refractivity contribution in [3.63, 3.8) is 0 Å². The molecule has 0 heterocycles. The van der Waals surface area contributed by atoms with Crippen LogP contribution in [0.15, 0.2) is 29.3 Å². The van der Waals surface area contributed by atoms with Crippen LogP contribution in [-0.4, -0.2) is 31.7 Å². The second-order valence-corrected chi connectivity index (χ2v) is 4.91. The zero-order valence-electron chi connectivity index (χ0n) is 12.4. The zero-order valence-corrected chi connectivity index (χ0v) is 13.2. The van der Waals surface area contributed by atoms with Crippen LogP contribution in [0.3, 0.4) is 0 Å². The molecule has 1 rings (SSSR count). The van der Waals surface area contributed by atoms with Crippen LogP contribution in [0, 0.1) is 0 Å². The molecule has 0 spiro atoms. The predicted octanol–water partition coefficient (Wildman–Crippen LogP) is 3.07. The van der Waals surface area contributed by atoms with Crippen molar-refractivity contribution >= 4 is 17.6 Å². The van der Waals surface area contributed by atoms with E-state index in [-0.39, 0.29) is 6.10 Å². The predicted molar refractivity (Wildman–Crippen MR) is 85.8 cm³/mol. The van der Waals surface area contributed by atoms with Gasteiger partial charge in [0.15, 0.2) is 5.96 Å². The molecule has 1 unspecified atom stereocenters. The minimum absolute atomic E-state index is 0.0352. The molecular weight excluding hydrogens is 274 g/mol. The van der Waals surface area contributed by atoms with E-state index in [2.05, 4.69) is 22.5 Å². The van der Waals surface area contributed by atoms with Crippen molar-refractivity contribution in [3.8, 4) is 5.75 Å². The molecule has 0 aliphatic carbocycles. The highest BCUT2D eigenvalue weighted by atomic mass is 35.5. The quantitative estimate of drug-likeness (QED) is 0.600. The molecule has 112 valence electrons. The summed E-state index contributed by atoms with van der Waals surface area (Å²) in [4.78, 5) is 4.50. The van der Waals surface area contributed by atoms with Gasteiger partial charge in [-0.25, -0.2) is 4.99 Å². The molecule has 0 aromatic heterocycles. The summed E-state index contributed by atoms with van der Waals surface area (Å²) in [6, 6.07) is 7.48. The third kappa shape index (κ3) is 6.15. The van der Waals surface area contributed by atoms with Gasteiger partial charge in [0, 0.05) is 13.1 Å². The average molecular weight is 298 g/mol. The Bertz CT molecular complexity index is 423. The molecule has 0 fully saturated rings. The number of nitrogens with one attached hydrogen (secondary N) is 2. The van der Waals surface area contributed by atoms with E-state index in [1.54, 1.807) is 0 Å². The largest absolute Gasteiger partial charge is 0.487 e. The summed E-state index contributed by atoms with van der Waals surface area (Å²) < 4.78 is 5.78. The van der Waals surface area contributed by atoms with Gasteiger partial charge in [-0.3, -0.25) is 0 Å². The maximum absolute atomic E-state index is 6.06. The summed E-state index contributed by atoms with van der Waals surface area (Å²) in [7, 11) is 0. The van der Waals surface area contributed by atoms with Gasteiger partial charge in [0.05, 0.1) is 11.6 Å². The number of hydrogen-bond acceptors (Lipinski definition) is 2. The molecule has 0 saturated heterocycles. The number of ether oxygens (including phenoxy) is 1. The summed E-state index contributed by atoms with van der Waals surface area (Å²) in [6.07, 6.45) is 1.03. The number of benzene rings is 1. The highest BCUT2D eigenvalue weighted by molar-refractivity contribution is 6.32. The highest BCUT2D eigenvalue weighted by Gasteiger charge is 2.06. The molecule has 0 amide bonds. The van der Waals surface area contributed by atoms with Crippen molar-refractivity contribution < 1.29 is 4.74 Å². The summed E-state index contributed by atoms with van der Waals surface area (Å²) in [6.45, 7) is 8.48. The maximum Gasteiger partial charge on any atom is 0.191 e. The molecule has 0 saturated carbocycles. The van der Waals surface area contributed by atoms with Gasteiger partial charge in [0.25, 0.3) is 0 Å². The SMILES string of the molecule is CCCNC(=NCC(C)Oc1ccccc1Cl)NCC. The Hall–Kier alpha value is -1.42. The first-order valence-corrected chi connectivity index (χ1v) is 7.48. The normalized spacial score (nSPS) is 12.9. The van der Waals surface area contributed by atoms with E-state index in [0.717, 1.165) is 25.5 Å². The van der Waals surface area contributed by atoms with Gasteiger partial charge in [-0.05, 0) is 32.4 Å². The Morgan fingerprint density at radius 1 is 1.30 bits per heavy atom. The van der Waals surface area contributed by atoms with Crippen LogP contribution in [0.4, 0.5) is 0 Å². The van der Waals surface area contributed by atoms with E-state index < -0.39 is 0 Å². The first-order valence-electron chi connectivity index (χ1n) is 7.10. The minimum atomic E-state index is -0.0352. The van der Waals surface area contributed by atoms with Crippen LogP contribution in [0.2, 0.25) is 5.02 Å². The van der Waals surface area contributed by atoms with Crippen LogP contribution >= 0.6 is 11.6 Å². The Balaban J connectivity index is 2.51. The highest BCUT2D eigenvalue weighted by Crippen LogP contribution is 2.24. The van der Waals surface area contributed by atoms with E-state index >= 15 is 0 Å². The number of guanidine groups is 1. The van der Waals surface area contributed by atoms with Crippen molar-refractivity contribution in [1.82, 2.24) is 10.6 Å². The fraction of sp³-hybridized carbons (Fsp3) is 0.533. The van der Waals surface area contributed by atoms with Crippen LogP contribution in [0.25, 0.3) is 0 Å². The summed E-state index contributed by atoms with van der Waals surface area (Å²) in [5.74, 6) is 1.52. The summed E-state index contributed by atoms with van der Waals surface area (Å²) in [5.41, 5.74) is 0. The van der Waals surface area contributed by atoms with Gasteiger partial charge in [-0.15, -0.1) is 0 Å². The fourth-order valence-corrected chi connectivity index (χ4v) is 1.78. The third-order valence-electron chi connectivity index (χ3n) is 2.56. The molecule has 0 radical (unpaired) electrons. The van der Waals surface area contributed by atoms with E-state index in [1.165, 1.54) is 0 Å². The van der Waals surface area contributed by atoms with E-state index in [9.17, 15) is 0 Å². The second kappa shape index (κ2) is 9.48. The smallest absolute Gasteiger partial charge is 0.191 e. The lowest BCUT2D eigenvalue weighted by Crippen LogP contribution is -2.38. The number of aliphatic imine (C=N–C) groups is 1. The van der Waals surface area contributed by atoms with Crippen molar-refractivity contribution in [2.24, 2.45) is 4.99 Å². The minimum Gasteiger partial charge on any atom is -0.487 e. The molecule has 20 heavy (non-hydrogen) atoms. The lowest BCUT2D eigenvalue weighted by molar-refractivity contribution is 0.230. The molecule has 0 bridgehead atoms. The number of rotatable bonds is 7. The summed E-state index contributed by atoms with van der Waals surface area (Å²) in [5, 5.41) is 7.09. The number of hydrogen-bond donors (Lipinski definition) is 2. The topological polar surface area (TPSA) is 45.7 Å². The number of nitrogens with zero attached hydrogens (tertiary/aromatic N) is 1. The maximum atomic E-state index is 6.06. The number of para-hydroxylation sites is 1. The summed E-state index contributed by atoms with van der Waals surface area (Å²) >= 11 is 6.06. The lowest BCUT2D eigenvalue weighted by Gasteiger charge is -2.15. The van der Waals surface area contributed by atoms with Gasteiger partial charge in [0.2, 0.25) is 0 Å². The van der Waals surface area contributed by atoms with Crippen LogP contribution in [0.1, 0.15) is 27.2 Å². The standard InChI is InChI=1S/C15H24ClN3O/c1-4-10-18-15(17-5-2)19-11-12(3)20-14-9-7-6-8-13(14)16/h6-9,12H,4-5,10-11H2,1-3H3,(H2,17,18,19). The third-order valence-corrected chi connectivity index (χ3v) is 2.87. The Morgan fingerprint density at radius 3 is 2.70 bits per heavy atom. The average Bonchev–Trinajstić information content (AvgIpc) is 2.44. The molecule has 5 heteroatoms. The molecule has 0 aliphatic heterocycles. The van der Waals surface area contributed by atoms with Crippen LogP contribution < -0.4 is 15.4 Å². The second-order valence-electron chi connectivity index (χ2n) is 4.51. The fourth-order valence-electron chi connectivity index (χ4n) is 1.60. The first kappa shape index (κ1) is 16.6. The van der Waals surface area contributed by atoms with E-state index in [0.29, 0.717) is 17.3 Å². The Morgan fingerprint density at radius 2 is 2.05 bits per heavy atom. The first-order chi connectivity index (χ1) is 9.67. The van der Waals surface area contributed by atoms with E-state index in [4.69, 9.17) is 16.3 Å². The van der Waals surface area contributed by atoms with E-state index in [1.807, 2.05) is 38.1 Å². The molecule has 1 aromatic carbocycles. The van der Waals surface area contributed by atoms with Crippen molar-refractivity contribution in [1.29, 1.82) is 0 Å². The zero-order chi connectivity index (χ0) is 14.8. The van der Waals surface area contributed by atoms with Crippen molar-refractivity contribution in [2.75, 3.05) is 19.6 Å². The number of halogens is 1.